The van der Waals surface area contributed by atoms with Gasteiger partial charge in [0, 0.05) is 43.0 Å². The highest BCUT2D eigenvalue weighted by Crippen LogP contribution is 2.40. The summed E-state index contributed by atoms with van der Waals surface area (Å²) >= 11 is 6.30. The number of nitrogens with zero attached hydrogens (tertiary/aromatic N) is 3. The van der Waals surface area contributed by atoms with Crippen molar-refractivity contribution in [3.63, 3.8) is 0 Å². The zero-order chi connectivity index (χ0) is 19.9. The Hall–Kier alpha value is -1.73. The number of fused-ring (bicyclic) bond motifs is 2. The maximum absolute atomic E-state index is 11.9. The Balaban J connectivity index is 1.80. The van der Waals surface area contributed by atoms with E-state index >= 15 is 0 Å². The SMILES string of the molecule is CCC1=Cc2cc(Cl)ccc2C(N2CCN(S(C)(=O)=O)CC2)c2ncccc21. The van der Waals surface area contributed by atoms with Crippen LogP contribution >= 0.6 is 11.6 Å². The molecule has 0 radical (unpaired) electrons. The second kappa shape index (κ2) is 7.59. The van der Waals surface area contributed by atoms with Crippen molar-refractivity contribution in [3.8, 4) is 0 Å². The minimum absolute atomic E-state index is 0.0227. The fourth-order valence-corrected chi connectivity index (χ4v) is 5.20. The first-order chi connectivity index (χ1) is 13.4. The van der Waals surface area contributed by atoms with Crippen LogP contribution in [0.4, 0.5) is 0 Å². The van der Waals surface area contributed by atoms with Crippen molar-refractivity contribution in [2.45, 2.75) is 19.4 Å². The summed E-state index contributed by atoms with van der Waals surface area (Å²) in [5, 5.41) is 0.713. The van der Waals surface area contributed by atoms with Crippen molar-refractivity contribution in [3.05, 3.63) is 63.9 Å². The van der Waals surface area contributed by atoms with E-state index in [-0.39, 0.29) is 6.04 Å². The van der Waals surface area contributed by atoms with Gasteiger partial charge >= 0.3 is 0 Å². The molecule has 28 heavy (non-hydrogen) atoms. The molecular formula is C21H24ClN3O2S. The summed E-state index contributed by atoms with van der Waals surface area (Å²) in [4.78, 5) is 7.12. The lowest BCUT2D eigenvalue weighted by Crippen LogP contribution is -2.49. The number of hydrogen-bond donors (Lipinski definition) is 0. The summed E-state index contributed by atoms with van der Waals surface area (Å²) in [7, 11) is -3.16. The van der Waals surface area contributed by atoms with E-state index < -0.39 is 10.0 Å². The minimum atomic E-state index is -3.16. The van der Waals surface area contributed by atoms with Gasteiger partial charge in [-0.05, 0) is 41.3 Å². The van der Waals surface area contributed by atoms with Crippen molar-refractivity contribution in [2.75, 3.05) is 32.4 Å². The third kappa shape index (κ3) is 3.62. The van der Waals surface area contributed by atoms with Crippen LogP contribution in [0.3, 0.4) is 0 Å². The molecule has 0 bridgehead atoms. The molecular weight excluding hydrogens is 394 g/mol. The van der Waals surface area contributed by atoms with Crippen molar-refractivity contribution < 1.29 is 8.42 Å². The van der Waals surface area contributed by atoms with Crippen LogP contribution in [0, 0.1) is 0 Å². The molecule has 2 aromatic rings. The first kappa shape index (κ1) is 19.6. The predicted octanol–water partition coefficient (Wildman–Crippen LogP) is 3.67. The Morgan fingerprint density at radius 1 is 1.18 bits per heavy atom. The van der Waals surface area contributed by atoms with Gasteiger partial charge in [-0.3, -0.25) is 9.88 Å². The highest BCUT2D eigenvalue weighted by Gasteiger charge is 2.33. The van der Waals surface area contributed by atoms with Crippen molar-refractivity contribution in [1.82, 2.24) is 14.2 Å². The molecule has 5 nitrogen and oxygen atoms in total. The lowest BCUT2D eigenvalue weighted by atomic mass is 9.95. The van der Waals surface area contributed by atoms with Gasteiger partial charge in [-0.2, -0.15) is 4.31 Å². The molecule has 1 unspecified atom stereocenters. The average Bonchev–Trinajstić information content (AvgIpc) is 2.81. The second-order valence-corrected chi connectivity index (χ2v) is 9.75. The third-order valence-corrected chi connectivity index (χ3v) is 7.14. The quantitative estimate of drug-likeness (QED) is 0.764. The molecule has 148 valence electrons. The van der Waals surface area contributed by atoms with E-state index in [4.69, 9.17) is 16.6 Å². The Morgan fingerprint density at radius 2 is 1.93 bits per heavy atom. The highest BCUT2D eigenvalue weighted by molar-refractivity contribution is 7.88. The number of aromatic nitrogens is 1. The van der Waals surface area contributed by atoms with Gasteiger partial charge in [-0.15, -0.1) is 0 Å². The van der Waals surface area contributed by atoms with Gasteiger partial charge in [-0.25, -0.2) is 8.42 Å². The number of rotatable bonds is 3. The normalized spacial score (nSPS) is 20.8. The monoisotopic (exact) mass is 417 g/mol. The Morgan fingerprint density at radius 3 is 2.61 bits per heavy atom. The molecule has 1 aromatic heterocycles. The molecule has 1 fully saturated rings. The molecule has 2 heterocycles. The number of hydrogen-bond acceptors (Lipinski definition) is 4. The Kier molecular flexibility index (Phi) is 5.31. The van der Waals surface area contributed by atoms with Crippen molar-refractivity contribution in [1.29, 1.82) is 0 Å². The second-order valence-electron chi connectivity index (χ2n) is 7.33. The fraction of sp³-hybridized carbons (Fsp3) is 0.381. The van der Waals surface area contributed by atoms with E-state index in [1.807, 2.05) is 24.4 Å². The summed E-state index contributed by atoms with van der Waals surface area (Å²) in [6.07, 6.45) is 6.24. The van der Waals surface area contributed by atoms with Crippen LogP contribution < -0.4 is 0 Å². The molecule has 1 aromatic carbocycles. The van der Waals surface area contributed by atoms with E-state index in [0.717, 1.165) is 23.2 Å². The average molecular weight is 418 g/mol. The molecule has 0 N–H and O–H groups in total. The first-order valence-electron chi connectivity index (χ1n) is 9.53. The van der Waals surface area contributed by atoms with Gasteiger partial charge in [0.1, 0.15) is 0 Å². The smallest absolute Gasteiger partial charge is 0.211 e. The fourth-order valence-electron chi connectivity index (χ4n) is 4.19. The minimum Gasteiger partial charge on any atom is -0.288 e. The van der Waals surface area contributed by atoms with Crippen LogP contribution in [-0.2, 0) is 10.0 Å². The van der Waals surface area contributed by atoms with Crippen LogP contribution in [-0.4, -0.2) is 55.0 Å². The molecule has 0 saturated carbocycles. The summed E-state index contributed by atoms with van der Waals surface area (Å²) < 4.78 is 25.4. The number of sulfonamides is 1. The van der Waals surface area contributed by atoms with Crippen molar-refractivity contribution >= 4 is 33.3 Å². The molecule has 4 rings (SSSR count). The maximum Gasteiger partial charge on any atom is 0.211 e. The van der Waals surface area contributed by atoms with E-state index in [9.17, 15) is 8.42 Å². The van der Waals surface area contributed by atoms with Crippen LogP contribution in [0.15, 0.2) is 36.5 Å². The topological polar surface area (TPSA) is 53.5 Å². The van der Waals surface area contributed by atoms with E-state index in [2.05, 4.69) is 30.0 Å². The number of piperazine rings is 1. The zero-order valence-corrected chi connectivity index (χ0v) is 17.7. The zero-order valence-electron chi connectivity index (χ0n) is 16.1. The van der Waals surface area contributed by atoms with Gasteiger partial charge in [0.15, 0.2) is 0 Å². The van der Waals surface area contributed by atoms with E-state index in [0.29, 0.717) is 31.2 Å². The molecule has 1 aliphatic heterocycles. The van der Waals surface area contributed by atoms with Gasteiger partial charge in [0.25, 0.3) is 0 Å². The molecule has 7 heteroatoms. The van der Waals surface area contributed by atoms with Crippen LogP contribution in [0.1, 0.15) is 41.8 Å². The van der Waals surface area contributed by atoms with Crippen LogP contribution in [0.2, 0.25) is 5.02 Å². The van der Waals surface area contributed by atoms with Crippen molar-refractivity contribution in [2.24, 2.45) is 0 Å². The first-order valence-corrected chi connectivity index (χ1v) is 11.8. The molecule has 0 amide bonds. The summed E-state index contributed by atoms with van der Waals surface area (Å²) in [6.45, 7) is 4.47. The summed E-state index contributed by atoms with van der Waals surface area (Å²) in [5.41, 5.74) is 5.71. The van der Waals surface area contributed by atoms with E-state index in [1.165, 1.54) is 17.4 Å². The molecule has 1 aliphatic carbocycles. The lowest BCUT2D eigenvalue weighted by molar-refractivity contribution is 0.154. The maximum atomic E-state index is 11.9. The van der Waals surface area contributed by atoms with Crippen LogP contribution in [0.25, 0.3) is 11.6 Å². The van der Waals surface area contributed by atoms with Gasteiger partial charge in [0.05, 0.1) is 18.0 Å². The van der Waals surface area contributed by atoms with Gasteiger partial charge in [-0.1, -0.05) is 36.7 Å². The standard InChI is InChI=1S/C21H24ClN3O2S/c1-3-15-13-16-14-17(22)6-7-19(16)21(20-18(15)5-4-8-23-20)24-9-11-25(12-10-24)28(2,26)27/h4-8,13-14,21H,3,9-12H2,1-2H3. The number of pyridine rings is 1. The highest BCUT2D eigenvalue weighted by atomic mass is 35.5. The van der Waals surface area contributed by atoms with Gasteiger partial charge < -0.3 is 0 Å². The number of allylic oxidation sites excluding steroid dienone is 1. The molecule has 1 saturated heterocycles. The third-order valence-electron chi connectivity index (χ3n) is 5.60. The van der Waals surface area contributed by atoms with E-state index in [1.54, 1.807) is 4.31 Å². The number of benzene rings is 1. The molecule has 2 aliphatic rings. The largest absolute Gasteiger partial charge is 0.288 e. The van der Waals surface area contributed by atoms with Gasteiger partial charge in [0.2, 0.25) is 10.0 Å². The lowest BCUT2D eigenvalue weighted by Gasteiger charge is -2.38. The summed E-state index contributed by atoms with van der Waals surface area (Å²) in [6, 6.07) is 10.1. The summed E-state index contributed by atoms with van der Waals surface area (Å²) in [5.74, 6) is 0. The molecule has 1 atom stereocenters. The number of halogens is 1. The Bertz CT molecular complexity index is 1030. The van der Waals surface area contributed by atoms with Crippen LogP contribution in [0.5, 0.6) is 0 Å². The Labute approximate surface area is 171 Å². The predicted molar refractivity (Wildman–Crippen MR) is 114 cm³/mol. The molecule has 0 spiro atoms.